The molecule has 0 unspecified atom stereocenters. The lowest BCUT2D eigenvalue weighted by molar-refractivity contribution is 0.0897. The fourth-order valence-corrected chi connectivity index (χ4v) is 3.15. The monoisotopic (exact) mass is 399 g/mol. The quantitative estimate of drug-likeness (QED) is 0.656. The first-order chi connectivity index (χ1) is 13.8. The van der Waals surface area contributed by atoms with E-state index in [4.69, 9.17) is 4.74 Å². The van der Waals surface area contributed by atoms with Gasteiger partial charge in [-0.15, -0.1) is 0 Å². The third-order valence-corrected chi connectivity index (χ3v) is 5.06. The molecule has 0 atom stereocenters. The van der Waals surface area contributed by atoms with Crippen molar-refractivity contribution >= 4 is 17.1 Å². The summed E-state index contributed by atoms with van der Waals surface area (Å²) in [6.45, 7) is 3.77. The molecule has 0 spiro atoms. The number of aliphatic hydroxyl groups is 1. The molecule has 4 rings (SSSR count). The molecule has 0 saturated heterocycles. The number of fused-ring (bicyclic) bond motifs is 1. The number of nitrogens with zero attached hydrogens (tertiary/aromatic N) is 4. The van der Waals surface area contributed by atoms with Crippen LogP contribution >= 0.6 is 0 Å². The lowest BCUT2D eigenvalue weighted by Crippen LogP contribution is -2.33. The molecule has 3 heterocycles. The minimum absolute atomic E-state index is 0.193. The second-order valence-electron chi connectivity index (χ2n) is 7.49. The van der Waals surface area contributed by atoms with Crippen molar-refractivity contribution in [3.8, 4) is 5.88 Å². The topological polar surface area (TPSA) is 102 Å². The maximum Gasteiger partial charge on any atom is 0.255 e. The van der Waals surface area contributed by atoms with Crippen molar-refractivity contribution in [1.29, 1.82) is 0 Å². The molecule has 1 aliphatic rings. The van der Waals surface area contributed by atoms with E-state index in [1.807, 2.05) is 0 Å². The predicted molar refractivity (Wildman–Crippen MR) is 103 cm³/mol. The zero-order chi connectivity index (χ0) is 20.8. The number of amides is 1. The predicted octanol–water partition coefficient (Wildman–Crippen LogP) is 1.89. The molecule has 9 heteroatoms. The van der Waals surface area contributed by atoms with Crippen molar-refractivity contribution in [3.05, 3.63) is 46.8 Å². The van der Waals surface area contributed by atoms with Crippen molar-refractivity contribution in [2.45, 2.75) is 38.8 Å². The van der Waals surface area contributed by atoms with E-state index in [1.54, 1.807) is 30.8 Å². The van der Waals surface area contributed by atoms with Gasteiger partial charge in [-0.05, 0) is 32.8 Å². The van der Waals surface area contributed by atoms with Gasteiger partial charge >= 0.3 is 0 Å². The Morgan fingerprint density at radius 2 is 2.14 bits per heavy atom. The average Bonchev–Trinajstić information content (AvgIpc) is 3.33. The zero-order valence-corrected chi connectivity index (χ0v) is 16.5. The fraction of sp³-hybridized carbons (Fsp3) is 0.400. The Balaban J connectivity index is 1.72. The van der Waals surface area contributed by atoms with Crippen LogP contribution in [-0.4, -0.2) is 49.8 Å². The van der Waals surface area contributed by atoms with Crippen molar-refractivity contribution in [3.63, 3.8) is 0 Å². The number of carbonyl (C=O) groups excluding carboxylic acids is 1. The van der Waals surface area contributed by atoms with E-state index in [1.165, 1.54) is 13.2 Å². The average molecular weight is 399 g/mol. The second-order valence-corrected chi connectivity index (χ2v) is 7.49. The van der Waals surface area contributed by atoms with Crippen LogP contribution < -0.4 is 10.1 Å². The first kappa shape index (κ1) is 19.3. The number of hydrogen-bond acceptors (Lipinski definition) is 6. The van der Waals surface area contributed by atoms with E-state index in [2.05, 4.69) is 20.3 Å². The minimum atomic E-state index is -0.797. The van der Waals surface area contributed by atoms with Gasteiger partial charge in [0.25, 0.3) is 5.91 Å². The first-order valence-electron chi connectivity index (χ1n) is 9.33. The van der Waals surface area contributed by atoms with E-state index in [-0.39, 0.29) is 24.7 Å². The minimum Gasteiger partial charge on any atom is -0.481 e. The van der Waals surface area contributed by atoms with Crippen LogP contribution in [-0.2, 0) is 6.54 Å². The Morgan fingerprint density at radius 1 is 1.38 bits per heavy atom. The maximum atomic E-state index is 14.1. The Bertz CT molecular complexity index is 1110. The summed E-state index contributed by atoms with van der Waals surface area (Å²) in [5.74, 6) is -0.462. The van der Waals surface area contributed by atoms with Crippen molar-refractivity contribution in [1.82, 2.24) is 24.8 Å². The van der Waals surface area contributed by atoms with E-state index >= 15 is 0 Å². The van der Waals surface area contributed by atoms with Gasteiger partial charge in [0.15, 0.2) is 5.65 Å². The smallest absolute Gasteiger partial charge is 0.255 e. The summed E-state index contributed by atoms with van der Waals surface area (Å²) in [7, 11) is 1.47. The third kappa shape index (κ3) is 3.77. The van der Waals surface area contributed by atoms with Gasteiger partial charge in [0.2, 0.25) is 5.88 Å². The number of methoxy groups -OCH3 is 1. The highest BCUT2D eigenvalue weighted by molar-refractivity contribution is 6.04. The van der Waals surface area contributed by atoms with Crippen LogP contribution in [0.3, 0.4) is 0 Å². The summed E-state index contributed by atoms with van der Waals surface area (Å²) in [6.07, 6.45) is 4.58. The summed E-state index contributed by atoms with van der Waals surface area (Å²) in [5.41, 5.74) is 1.95. The summed E-state index contributed by atoms with van der Waals surface area (Å²) < 4.78 is 21.1. The Morgan fingerprint density at radius 3 is 2.83 bits per heavy atom. The summed E-state index contributed by atoms with van der Waals surface area (Å²) in [4.78, 5) is 25.7. The van der Waals surface area contributed by atoms with Gasteiger partial charge in [0, 0.05) is 24.5 Å². The molecule has 0 aliphatic heterocycles. The number of pyridine rings is 1. The molecular weight excluding hydrogens is 377 g/mol. The first-order valence-corrected chi connectivity index (χ1v) is 9.33. The molecular formula is C20H22FN5O3. The largest absolute Gasteiger partial charge is 0.481 e. The number of nitrogens with one attached hydrogen (secondary N) is 1. The molecule has 1 aliphatic carbocycles. The highest BCUT2D eigenvalue weighted by atomic mass is 19.1. The SMILES string of the molecule is COc1nc(C)c(F)cc1Cn1cc(C(=O)NCC2(O)CC2)c2ncc(C)nc21. The molecule has 29 heavy (non-hydrogen) atoms. The van der Waals surface area contributed by atoms with Crippen LogP contribution in [0.25, 0.3) is 11.2 Å². The Hall–Kier alpha value is -3.07. The molecule has 0 aromatic carbocycles. The number of hydrogen-bond donors (Lipinski definition) is 2. The van der Waals surface area contributed by atoms with Gasteiger partial charge in [-0.3, -0.25) is 9.78 Å². The molecule has 1 fully saturated rings. The second kappa shape index (κ2) is 7.07. The van der Waals surface area contributed by atoms with Crippen LogP contribution in [0.1, 0.15) is 40.2 Å². The maximum absolute atomic E-state index is 14.1. The molecule has 0 radical (unpaired) electrons. The molecule has 1 saturated carbocycles. The van der Waals surface area contributed by atoms with Crippen LogP contribution in [0.15, 0.2) is 18.5 Å². The molecule has 1 amide bonds. The third-order valence-electron chi connectivity index (χ3n) is 5.06. The van der Waals surface area contributed by atoms with Crippen molar-refractivity contribution < 1.29 is 19.0 Å². The normalized spacial score (nSPS) is 14.8. The number of aryl methyl sites for hydroxylation is 2. The highest BCUT2D eigenvalue weighted by Gasteiger charge is 2.40. The summed E-state index contributed by atoms with van der Waals surface area (Å²) >= 11 is 0. The van der Waals surface area contributed by atoms with Crippen LogP contribution in [0.4, 0.5) is 4.39 Å². The van der Waals surface area contributed by atoms with Gasteiger partial charge in [-0.25, -0.2) is 14.4 Å². The van der Waals surface area contributed by atoms with Crippen molar-refractivity contribution in [2.24, 2.45) is 0 Å². The van der Waals surface area contributed by atoms with E-state index in [0.29, 0.717) is 46.7 Å². The molecule has 8 nitrogen and oxygen atoms in total. The van der Waals surface area contributed by atoms with Gasteiger partial charge in [-0.1, -0.05) is 0 Å². The van der Waals surface area contributed by atoms with E-state index in [9.17, 15) is 14.3 Å². The highest BCUT2D eigenvalue weighted by Crippen LogP contribution is 2.34. The van der Waals surface area contributed by atoms with Gasteiger partial charge in [0.05, 0.1) is 36.2 Å². The van der Waals surface area contributed by atoms with Crippen LogP contribution in [0.2, 0.25) is 0 Å². The molecule has 2 N–H and O–H groups in total. The van der Waals surface area contributed by atoms with Crippen molar-refractivity contribution in [2.75, 3.05) is 13.7 Å². The zero-order valence-electron chi connectivity index (χ0n) is 16.5. The summed E-state index contributed by atoms with van der Waals surface area (Å²) in [5, 5.41) is 12.7. The van der Waals surface area contributed by atoms with Gasteiger partial charge in [-0.2, -0.15) is 0 Å². The Kier molecular flexibility index (Phi) is 4.70. The standard InChI is InChI=1S/C20H22FN5O3/c1-11-7-22-16-14(18(27)23-10-20(28)4-5-20)9-26(17(16)24-11)8-13-6-15(21)12(2)25-19(13)29-3/h6-7,9,28H,4-5,8,10H2,1-3H3,(H,23,27). The summed E-state index contributed by atoms with van der Waals surface area (Å²) in [6, 6.07) is 1.37. The van der Waals surface area contributed by atoms with E-state index < -0.39 is 11.4 Å². The van der Waals surface area contributed by atoms with Gasteiger partial charge in [0.1, 0.15) is 11.3 Å². The lowest BCUT2D eigenvalue weighted by atomic mass is 10.2. The number of carbonyl (C=O) groups is 1. The lowest BCUT2D eigenvalue weighted by Gasteiger charge is -2.10. The number of ether oxygens (including phenoxy) is 1. The van der Waals surface area contributed by atoms with Gasteiger partial charge < -0.3 is 19.7 Å². The number of rotatable bonds is 6. The van der Waals surface area contributed by atoms with E-state index in [0.717, 1.165) is 0 Å². The number of aromatic nitrogens is 4. The molecule has 152 valence electrons. The van der Waals surface area contributed by atoms with Crippen LogP contribution in [0, 0.1) is 19.7 Å². The molecule has 3 aromatic heterocycles. The molecule has 3 aromatic rings. The fourth-order valence-electron chi connectivity index (χ4n) is 3.15. The number of halogens is 1. The molecule has 0 bridgehead atoms. The van der Waals surface area contributed by atoms with Crippen LogP contribution in [0.5, 0.6) is 5.88 Å². The Labute approximate surface area is 166 Å².